The molecule has 1 heteroatoms. The van der Waals surface area contributed by atoms with Crippen molar-refractivity contribution in [1.82, 2.24) is 0 Å². The van der Waals surface area contributed by atoms with Gasteiger partial charge in [-0.3, -0.25) is 0 Å². The van der Waals surface area contributed by atoms with E-state index in [1.54, 1.807) is 0 Å². The second kappa shape index (κ2) is 6.45. The molecule has 0 radical (unpaired) electrons. The monoisotopic (exact) mass is 259 g/mol. The summed E-state index contributed by atoms with van der Waals surface area (Å²) in [6, 6.07) is 6.97. The van der Waals surface area contributed by atoms with Gasteiger partial charge in [0, 0.05) is 12.2 Å². The van der Waals surface area contributed by atoms with Crippen LogP contribution in [0.4, 0.5) is 5.69 Å². The first-order valence-corrected chi connectivity index (χ1v) is 7.95. The van der Waals surface area contributed by atoms with E-state index in [2.05, 4.69) is 51.2 Å². The summed E-state index contributed by atoms with van der Waals surface area (Å²) in [5, 5.41) is 3.70. The fourth-order valence-electron chi connectivity index (χ4n) is 3.05. The molecule has 0 aliphatic heterocycles. The molecule has 106 valence electrons. The van der Waals surface area contributed by atoms with E-state index in [0.29, 0.717) is 11.8 Å². The van der Waals surface area contributed by atoms with E-state index in [1.807, 2.05) is 0 Å². The van der Waals surface area contributed by atoms with E-state index >= 15 is 0 Å². The van der Waals surface area contributed by atoms with Gasteiger partial charge in [-0.25, -0.2) is 0 Å². The molecule has 0 saturated heterocycles. The van der Waals surface area contributed by atoms with E-state index in [1.165, 1.54) is 42.5 Å². The molecule has 1 aromatic rings. The van der Waals surface area contributed by atoms with Crippen LogP contribution in [-0.2, 0) is 0 Å². The number of hydrogen-bond acceptors (Lipinski definition) is 1. The summed E-state index contributed by atoms with van der Waals surface area (Å²) in [5.41, 5.74) is 4.28. The Morgan fingerprint density at radius 3 is 2.32 bits per heavy atom. The Kier molecular flexibility index (Phi) is 4.90. The molecule has 0 amide bonds. The topological polar surface area (TPSA) is 12.0 Å². The van der Waals surface area contributed by atoms with Crippen LogP contribution < -0.4 is 5.32 Å². The third-order valence-corrected chi connectivity index (χ3v) is 4.42. The summed E-state index contributed by atoms with van der Waals surface area (Å²) in [4.78, 5) is 0. The van der Waals surface area contributed by atoms with Crippen LogP contribution >= 0.6 is 0 Å². The summed E-state index contributed by atoms with van der Waals surface area (Å²) in [6.45, 7) is 10.3. The molecule has 0 spiro atoms. The van der Waals surface area contributed by atoms with Gasteiger partial charge in [0.1, 0.15) is 0 Å². The maximum absolute atomic E-state index is 3.70. The summed E-state index contributed by atoms with van der Waals surface area (Å²) in [7, 11) is 0. The zero-order chi connectivity index (χ0) is 13.8. The number of anilines is 1. The zero-order valence-electron chi connectivity index (χ0n) is 13.0. The van der Waals surface area contributed by atoms with Crippen molar-refractivity contribution in [3.8, 4) is 0 Å². The third kappa shape index (κ3) is 3.75. The highest BCUT2D eigenvalue weighted by Gasteiger charge is 2.16. The van der Waals surface area contributed by atoms with Crippen LogP contribution in [0.3, 0.4) is 0 Å². The van der Waals surface area contributed by atoms with Crippen molar-refractivity contribution in [3.63, 3.8) is 0 Å². The lowest BCUT2D eigenvalue weighted by atomic mass is 9.94. The molecule has 0 aromatic heterocycles. The van der Waals surface area contributed by atoms with Gasteiger partial charge in [-0.2, -0.15) is 0 Å². The first-order valence-electron chi connectivity index (χ1n) is 7.95. The number of rotatable bonds is 5. The number of hydrogen-bond donors (Lipinski definition) is 1. The third-order valence-electron chi connectivity index (χ3n) is 4.42. The Morgan fingerprint density at radius 2 is 1.74 bits per heavy atom. The van der Waals surface area contributed by atoms with Gasteiger partial charge in [0.05, 0.1) is 0 Å². The van der Waals surface area contributed by atoms with E-state index in [9.17, 15) is 0 Å². The molecule has 19 heavy (non-hydrogen) atoms. The molecule has 1 fully saturated rings. The molecule has 0 atom stereocenters. The lowest BCUT2D eigenvalue weighted by Crippen LogP contribution is -2.12. The van der Waals surface area contributed by atoms with Gasteiger partial charge in [-0.15, -0.1) is 0 Å². The van der Waals surface area contributed by atoms with E-state index in [-0.39, 0.29) is 0 Å². The van der Waals surface area contributed by atoms with E-state index in [4.69, 9.17) is 0 Å². The lowest BCUT2D eigenvalue weighted by molar-refractivity contribution is 0.579. The maximum Gasteiger partial charge on any atom is 0.0375 e. The summed E-state index contributed by atoms with van der Waals surface area (Å²) < 4.78 is 0. The van der Waals surface area contributed by atoms with Crippen molar-refractivity contribution in [3.05, 3.63) is 29.3 Å². The predicted molar refractivity (Wildman–Crippen MR) is 85.1 cm³/mol. The fraction of sp³-hybridized carbons (Fsp3) is 0.667. The molecule has 1 aromatic carbocycles. The van der Waals surface area contributed by atoms with Crippen molar-refractivity contribution in [1.29, 1.82) is 0 Å². The molecular weight excluding hydrogens is 230 g/mol. The SMILES string of the molecule is CC(C)c1ccc(NCC2CCCC2)c(C(C)C)c1. The van der Waals surface area contributed by atoms with Gasteiger partial charge in [-0.1, -0.05) is 52.7 Å². The quantitative estimate of drug-likeness (QED) is 0.732. The molecule has 1 N–H and O–H groups in total. The van der Waals surface area contributed by atoms with Crippen molar-refractivity contribution in [2.75, 3.05) is 11.9 Å². The van der Waals surface area contributed by atoms with Crippen molar-refractivity contribution in [2.45, 2.75) is 65.2 Å². The Hall–Kier alpha value is -0.980. The van der Waals surface area contributed by atoms with Crippen molar-refractivity contribution >= 4 is 5.69 Å². The minimum atomic E-state index is 0.588. The molecule has 1 aliphatic rings. The molecule has 1 nitrogen and oxygen atoms in total. The fourth-order valence-corrected chi connectivity index (χ4v) is 3.05. The van der Waals surface area contributed by atoms with Gasteiger partial charge in [0.15, 0.2) is 0 Å². The lowest BCUT2D eigenvalue weighted by Gasteiger charge is -2.19. The predicted octanol–water partition coefficient (Wildman–Crippen LogP) is 5.54. The van der Waals surface area contributed by atoms with Crippen LogP contribution in [0, 0.1) is 5.92 Å². The Morgan fingerprint density at radius 1 is 1.05 bits per heavy atom. The first-order chi connectivity index (χ1) is 9.08. The van der Waals surface area contributed by atoms with Crippen molar-refractivity contribution in [2.24, 2.45) is 5.92 Å². The number of benzene rings is 1. The van der Waals surface area contributed by atoms with Crippen LogP contribution in [0.25, 0.3) is 0 Å². The minimum Gasteiger partial charge on any atom is -0.385 e. The Labute approximate surface area is 118 Å². The molecule has 0 unspecified atom stereocenters. The van der Waals surface area contributed by atoms with E-state index in [0.717, 1.165) is 12.5 Å². The smallest absolute Gasteiger partial charge is 0.0375 e. The van der Waals surface area contributed by atoms with Gasteiger partial charge in [0.25, 0.3) is 0 Å². The summed E-state index contributed by atoms with van der Waals surface area (Å²) in [5.74, 6) is 2.09. The second-order valence-corrected chi connectivity index (χ2v) is 6.69. The van der Waals surface area contributed by atoms with Crippen LogP contribution in [0.2, 0.25) is 0 Å². The summed E-state index contributed by atoms with van der Waals surface area (Å²) >= 11 is 0. The second-order valence-electron chi connectivity index (χ2n) is 6.69. The Balaban J connectivity index is 2.09. The van der Waals surface area contributed by atoms with Gasteiger partial charge in [0.2, 0.25) is 0 Å². The highest BCUT2D eigenvalue weighted by Crippen LogP contribution is 2.30. The van der Waals surface area contributed by atoms with Gasteiger partial charge in [-0.05, 0) is 47.8 Å². The number of nitrogens with one attached hydrogen (secondary N) is 1. The maximum atomic E-state index is 3.70. The molecule has 0 heterocycles. The first kappa shape index (κ1) is 14.4. The van der Waals surface area contributed by atoms with Crippen molar-refractivity contribution < 1.29 is 0 Å². The van der Waals surface area contributed by atoms with Crippen LogP contribution in [0.1, 0.15) is 76.3 Å². The zero-order valence-corrected chi connectivity index (χ0v) is 13.0. The molecule has 0 bridgehead atoms. The highest BCUT2D eigenvalue weighted by atomic mass is 14.9. The molecule has 2 rings (SSSR count). The van der Waals surface area contributed by atoms with Crippen LogP contribution in [0.5, 0.6) is 0 Å². The molecule has 1 saturated carbocycles. The summed E-state index contributed by atoms with van der Waals surface area (Å²) in [6.07, 6.45) is 5.67. The largest absolute Gasteiger partial charge is 0.385 e. The average Bonchev–Trinajstić information content (AvgIpc) is 2.89. The Bertz CT molecular complexity index is 400. The van der Waals surface area contributed by atoms with Gasteiger partial charge < -0.3 is 5.32 Å². The standard InChI is InChI=1S/C18H29N/c1-13(2)16-9-10-18(17(11-16)14(3)4)19-12-15-7-5-6-8-15/h9-11,13-15,19H,5-8,12H2,1-4H3. The van der Waals surface area contributed by atoms with Crippen LogP contribution in [-0.4, -0.2) is 6.54 Å². The highest BCUT2D eigenvalue weighted by molar-refractivity contribution is 5.54. The van der Waals surface area contributed by atoms with E-state index < -0.39 is 0 Å². The van der Waals surface area contributed by atoms with Gasteiger partial charge >= 0.3 is 0 Å². The molecule has 1 aliphatic carbocycles. The van der Waals surface area contributed by atoms with Crippen LogP contribution in [0.15, 0.2) is 18.2 Å². The average molecular weight is 259 g/mol. The molecular formula is C18H29N. The normalized spacial score (nSPS) is 16.5. The minimum absolute atomic E-state index is 0.588.